The number of H-pyrrole nitrogens is 1. The number of aromatic amines is 1. The zero-order chi connectivity index (χ0) is 13.2. The van der Waals surface area contributed by atoms with E-state index in [0.29, 0.717) is 13.2 Å². The topological polar surface area (TPSA) is 104 Å². The van der Waals surface area contributed by atoms with E-state index in [9.17, 15) is 8.42 Å². The summed E-state index contributed by atoms with van der Waals surface area (Å²) >= 11 is 0. The van der Waals surface area contributed by atoms with Crippen LogP contribution >= 0.6 is 0 Å². The van der Waals surface area contributed by atoms with E-state index < -0.39 is 15.6 Å². The highest BCUT2D eigenvalue weighted by atomic mass is 32.2. The summed E-state index contributed by atoms with van der Waals surface area (Å²) in [7, 11) is -3.73. The fourth-order valence-corrected chi connectivity index (χ4v) is 3.58. The largest absolute Gasteiger partial charge is 0.392 e. The van der Waals surface area contributed by atoms with E-state index in [1.807, 2.05) is 0 Å². The third-order valence-corrected chi connectivity index (χ3v) is 4.59. The molecule has 1 unspecified atom stereocenters. The number of aromatic nitrogens is 2. The predicted octanol–water partition coefficient (Wildman–Crippen LogP) is -0.251. The van der Waals surface area contributed by atoms with Gasteiger partial charge in [-0.1, -0.05) is 0 Å². The van der Waals surface area contributed by atoms with Gasteiger partial charge in [0.05, 0.1) is 24.9 Å². The number of hydrogen-bond acceptors (Lipinski definition) is 5. The molecule has 7 nitrogen and oxygen atoms in total. The first kappa shape index (κ1) is 13.5. The van der Waals surface area contributed by atoms with Crippen LogP contribution < -0.4 is 4.72 Å². The molecule has 2 heterocycles. The van der Waals surface area contributed by atoms with E-state index in [2.05, 4.69) is 14.9 Å². The first-order valence-electron chi connectivity index (χ1n) is 5.72. The van der Waals surface area contributed by atoms with Crippen molar-refractivity contribution in [3.63, 3.8) is 0 Å². The first-order chi connectivity index (χ1) is 8.47. The average Bonchev–Trinajstić information content (AvgIpc) is 2.77. The Bertz CT molecular complexity index is 505. The molecule has 18 heavy (non-hydrogen) atoms. The highest BCUT2D eigenvalue weighted by molar-refractivity contribution is 7.89. The van der Waals surface area contributed by atoms with Gasteiger partial charge < -0.3 is 9.84 Å². The quantitative estimate of drug-likeness (QED) is 0.703. The summed E-state index contributed by atoms with van der Waals surface area (Å²) in [6, 6.07) is 0. The molecule has 1 aromatic heterocycles. The van der Waals surface area contributed by atoms with Crippen molar-refractivity contribution in [2.24, 2.45) is 0 Å². The van der Waals surface area contributed by atoms with Gasteiger partial charge in [0.2, 0.25) is 0 Å². The summed E-state index contributed by atoms with van der Waals surface area (Å²) in [5.41, 5.74) is -0.364. The van der Waals surface area contributed by atoms with E-state index in [1.165, 1.54) is 6.20 Å². The maximum atomic E-state index is 12.2. The van der Waals surface area contributed by atoms with Crippen LogP contribution in [0.2, 0.25) is 0 Å². The Kier molecular flexibility index (Phi) is 3.71. The van der Waals surface area contributed by atoms with Crippen molar-refractivity contribution in [1.29, 1.82) is 0 Å². The van der Waals surface area contributed by atoms with E-state index in [-0.39, 0.29) is 17.2 Å². The Morgan fingerprint density at radius 1 is 1.67 bits per heavy atom. The smallest absolute Gasteiger partial charge is 0.258 e. The molecule has 0 radical (unpaired) electrons. The Morgan fingerprint density at radius 3 is 3.06 bits per heavy atom. The molecule has 0 bridgehead atoms. The van der Waals surface area contributed by atoms with Crippen LogP contribution in [0.1, 0.15) is 25.3 Å². The lowest BCUT2D eigenvalue weighted by molar-refractivity contribution is 0.0386. The zero-order valence-electron chi connectivity index (χ0n) is 10.1. The Hall–Kier alpha value is -0.960. The molecule has 0 amide bonds. The van der Waals surface area contributed by atoms with Crippen LogP contribution in [-0.2, 0) is 21.4 Å². The fraction of sp³-hybridized carbons (Fsp3) is 0.700. The van der Waals surface area contributed by atoms with Crippen molar-refractivity contribution in [2.75, 3.05) is 13.2 Å². The van der Waals surface area contributed by atoms with Crippen LogP contribution in [-0.4, -0.2) is 42.5 Å². The molecule has 1 aliphatic heterocycles. The van der Waals surface area contributed by atoms with Gasteiger partial charge in [0.15, 0.2) is 5.03 Å². The zero-order valence-corrected chi connectivity index (χ0v) is 11.0. The first-order valence-corrected chi connectivity index (χ1v) is 7.20. The van der Waals surface area contributed by atoms with Crippen molar-refractivity contribution < 1.29 is 18.3 Å². The Morgan fingerprint density at radius 2 is 2.44 bits per heavy atom. The molecular formula is C10H17N3O4S. The number of aliphatic hydroxyl groups is 1. The Balaban J connectivity index is 2.21. The van der Waals surface area contributed by atoms with Gasteiger partial charge in [-0.15, -0.1) is 0 Å². The normalized spacial score (nSPS) is 25.2. The number of nitrogens with one attached hydrogen (secondary N) is 2. The van der Waals surface area contributed by atoms with Gasteiger partial charge in [-0.25, -0.2) is 13.1 Å². The van der Waals surface area contributed by atoms with Crippen molar-refractivity contribution in [3.8, 4) is 0 Å². The SMILES string of the molecule is CC1(NS(=O)(=O)c2[nH]ncc2CO)CCCOC1. The highest BCUT2D eigenvalue weighted by Crippen LogP contribution is 2.22. The van der Waals surface area contributed by atoms with Gasteiger partial charge in [-0.05, 0) is 19.8 Å². The van der Waals surface area contributed by atoms with E-state index in [1.54, 1.807) is 6.92 Å². The molecule has 1 aromatic rings. The van der Waals surface area contributed by atoms with Crippen molar-refractivity contribution in [1.82, 2.24) is 14.9 Å². The lowest BCUT2D eigenvalue weighted by atomic mass is 9.97. The molecule has 1 fully saturated rings. The van der Waals surface area contributed by atoms with Gasteiger partial charge in [-0.2, -0.15) is 5.10 Å². The molecule has 0 aliphatic carbocycles. The molecular weight excluding hydrogens is 258 g/mol. The van der Waals surface area contributed by atoms with E-state index in [4.69, 9.17) is 9.84 Å². The Labute approximate surface area is 106 Å². The van der Waals surface area contributed by atoms with Gasteiger partial charge in [0.25, 0.3) is 10.0 Å². The van der Waals surface area contributed by atoms with Crippen LogP contribution in [0.5, 0.6) is 0 Å². The molecule has 102 valence electrons. The third kappa shape index (κ3) is 2.72. The van der Waals surface area contributed by atoms with Gasteiger partial charge in [-0.3, -0.25) is 5.10 Å². The molecule has 0 spiro atoms. The summed E-state index contributed by atoms with van der Waals surface area (Å²) in [4.78, 5) is 0. The highest BCUT2D eigenvalue weighted by Gasteiger charge is 2.34. The number of hydrogen-bond donors (Lipinski definition) is 3. The second-order valence-corrected chi connectivity index (χ2v) is 6.32. The fourth-order valence-electron chi connectivity index (χ4n) is 2.03. The second kappa shape index (κ2) is 4.96. The minimum absolute atomic E-state index is 0.0863. The number of sulfonamides is 1. The molecule has 1 saturated heterocycles. The summed E-state index contributed by atoms with van der Waals surface area (Å²) in [6.07, 6.45) is 2.83. The van der Waals surface area contributed by atoms with Crippen LogP contribution in [0, 0.1) is 0 Å². The van der Waals surface area contributed by atoms with Gasteiger partial charge in [0, 0.05) is 12.2 Å². The van der Waals surface area contributed by atoms with Gasteiger partial charge >= 0.3 is 0 Å². The number of aliphatic hydroxyl groups excluding tert-OH is 1. The summed E-state index contributed by atoms with van der Waals surface area (Å²) < 4.78 is 32.3. The maximum absolute atomic E-state index is 12.2. The number of rotatable bonds is 4. The predicted molar refractivity (Wildman–Crippen MR) is 63.3 cm³/mol. The molecule has 0 saturated carbocycles. The average molecular weight is 275 g/mol. The summed E-state index contributed by atoms with van der Waals surface area (Å²) in [6.45, 7) is 2.43. The van der Waals surface area contributed by atoms with Crippen LogP contribution in [0.3, 0.4) is 0 Å². The molecule has 8 heteroatoms. The van der Waals surface area contributed by atoms with E-state index in [0.717, 1.165) is 12.8 Å². The molecule has 2 rings (SSSR count). The second-order valence-electron chi connectivity index (χ2n) is 4.70. The van der Waals surface area contributed by atoms with Crippen LogP contribution in [0.25, 0.3) is 0 Å². The van der Waals surface area contributed by atoms with Crippen molar-refractivity contribution >= 4 is 10.0 Å². The minimum Gasteiger partial charge on any atom is -0.392 e. The van der Waals surface area contributed by atoms with Crippen LogP contribution in [0.15, 0.2) is 11.2 Å². The summed E-state index contributed by atoms with van der Waals surface area (Å²) in [5.74, 6) is 0. The number of ether oxygens (including phenoxy) is 1. The lowest BCUT2D eigenvalue weighted by Gasteiger charge is -2.33. The standard InChI is InChI=1S/C10H17N3O4S/c1-10(3-2-4-17-7-10)13-18(15,16)9-8(6-14)5-11-12-9/h5,13-14H,2-4,6-7H2,1H3,(H,11,12). The molecule has 1 aliphatic rings. The third-order valence-electron chi connectivity index (χ3n) is 2.94. The molecule has 1 atom stereocenters. The minimum atomic E-state index is -3.73. The van der Waals surface area contributed by atoms with Gasteiger partial charge in [0.1, 0.15) is 0 Å². The monoisotopic (exact) mass is 275 g/mol. The molecule has 3 N–H and O–H groups in total. The van der Waals surface area contributed by atoms with Crippen molar-refractivity contribution in [2.45, 2.75) is 36.9 Å². The number of nitrogens with zero attached hydrogens (tertiary/aromatic N) is 1. The molecule has 0 aromatic carbocycles. The van der Waals surface area contributed by atoms with E-state index >= 15 is 0 Å². The maximum Gasteiger partial charge on any atom is 0.258 e. The van der Waals surface area contributed by atoms with Crippen molar-refractivity contribution in [3.05, 3.63) is 11.8 Å². The summed E-state index contributed by atoms with van der Waals surface area (Å²) in [5, 5.41) is 15.0. The van der Waals surface area contributed by atoms with Crippen LogP contribution in [0.4, 0.5) is 0 Å². The lowest BCUT2D eigenvalue weighted by Crippen LogP contribution is -2.51.